The minimum atomic E-state index is 0.571. The van der Waals surface area contributed by atoms with E-state index in [2.05, 4.69) is 89.5 Å². The Morgan fingerprint density at radius 2 is 1.02 bits per heavy atom. The largest absolute Gasteiger partial charge is 0.456 e. The number of hydrogen-bond acceptors (Lipinski definition) is 4. The van der Waals surface area contributed by atoms with Crippen molar-refractivity contribution in [3.05, 3.63) is 158 Å². The first kappa shape index (κ1) is 26.6. The van der Waals surface area contributed by atoms with E-state index in [0.717, 1.165) is 76.8 Å². The number of para-hydroxylation sites is 2. The summed E-state index contributed by atoms with van der Waals surface area (Å²) in [6.45, 7) is 0. The molecule has 7 aromatic carbocycles. The first-order chi connectivity index (χ1) is 23.8. The fourth-order valence-corrected chi connectivity index (χ4v) is 7.05. The molecule has 0 aliphatic carbocycles. The number of benzene rings is 7. The van der Waals surface area contributed by atoms with Crippen LogP contribution in [0.5, 0.6) is 0 Å². The van der Waals surface area contributed by atoms with Gasteiger partial charge in [0.05, 0.1) is 11.0 Å². The third-order valence-electron chi connectivity index (χ3n) is 9.25. The monoisotopic (exact) mass is 614 g/mol. The fraction of sp³-hybridized carbons (Fsp3) is 0. The van der Waals surface area contributed by atoms with Crippen LogP contribution >= 0.6 is 0 Å². The van der Waals surface area contributed by atoms with Crippen molar-refractivity contribution in [2.24, 2.45) is 0 Å². The summed E-state index contributed by atoms with van der Waals surface area (Å²) in [6, 6.07) is 54.5. The van der Waals surface area contributed by atoms with Gasteiger partial charge in [-0.2, -0.15) is 9.97 Å². The van der Waals surface area contributed by atoms with Crippen LogP contribution in [-0.4, -0.2) is 19.5 Å². The second-order valence-electron chi connectivity index (χ2n) is 12.0. The van der Waals surface area contributed by atoms with Gasteiger partial charge in [-0.1, -0.05) is 140 Å². The van der Waals surface area contributed by atoms with Crippen LogP contribution in [0.15, 0.2) is 162 Å². The second-order valence-corrected chi connectivity index (χ2v) is 12.0. The minimum absolute atomic E-state index is 0.571. The fourth-order valence-electron chi connectivity index (χ4n) is 7.05. The van der Waals surface area contributed by atoms with Crippen LogP contribution in [0.25, 0.3) is 94.4 Å². The van der Waals surface area contributed by atoms with E-state index in [9.17, 15) is 0 Å². The van der Waals surface area contributed by atoms with Crippen LogP contribution in [0.3, 0.4) is 0 Å². The Morgan fingerprint density at radius 3 is 1.79 bits per heavy atom. The molecule has 0 radical (unpaired) electrons. The third kappa shape index (κ3) is 4.08. The molecule has 5 heteroatoms. The van der Waals surface area contributed by atoms with E-state index in [0.29, 0.717) is 17.6 Å². The Bertz CT molecular complexity index is 2780. The molecule has 0 aliphatic rings. The highest BCUT2D eigenvalue weighted by Gasteiger charge is 2.22. The van der Waals surface area contributed by atoms with Gasteiger partial charge in [-0.3, -0.25) is 4.57 Å². The molecule has 0 N–H and O–H groups in total. The zero-order valence-corrected chi connectivity index (χ0v) is 25.7. The van der Waals surface area contributed by atoms with Gasteiger partial charge in [0.25, 0.3) is 0 Å². The lowest BCUT2D eigenvalue weighted by molar-refractivity contribution is 0.669. The van der Waals surface area contributed by atoms with Gasteiger partial charge in [-0.25, -0.2) is 4.98 Å². The molecule has 0 bridgehead atoms. The second kappa shape index (κ2) is 10.5. The van der Waals surface area contributed by atoms with Crippen molar-refractivity contribution in [2.75, 3.05) is 0 Å². The van der Waals surface area contributed by atoms with Crippen LogP contribution in [0, 0.1) is 0 Å². The van der Waals surface area contributed by atoms with Crippen molar-refractivity contribution in [2.45, 2.75) is 0 Å². The maximum atomic E-state index is 6.20. The van der Waals surface area contributed by atoms with Crippen molar-refractivity contribution in [3.8, 4) is 39.9 Å². The van der Waals surface area contributed by atoms with Crippen molar-refractivity contribution < 1.29 is 4.42 Å². The zero-order valence-electron chi connectivity index (χ0n) is 25.7. The normalized spacial score (nSPS) is 11.8. The maximum Gasteiger partial charge on any atom is 0.238 e. The van der Waals surface area contributed by atoms with E-state index in [4.69, 9.17) is 19.4 Å². The standard InChI is InChI=1S/C43H26N4O/c1-3-13-28(14-4-1)41-44-42(29-15-5-2-6-16-29)46-43(45-41)47-39-31-17-8-7-12-27(31)22-24-35(39)34-20-11-19-32(40(34)47)30-23-25-38-36(26-30)33-18-9-10-21-37(33)48-38/h1-26H. The van der Waals surface area contributed by atoms with Gasteiger partial charge >= 0.3 is 0 Å². The smallest absolute Gasteiger partial charge is 0.238 e. The molecular formula is C43H26N4O. The summed E-state index contributed by atoms with van der Waals surface area (Å²) in [4.78, 5) is 15.4. The molecule has 3 heterocycles. The number of rotatable bonds is 4. The number of hydrogen-bond donors (Lipinski definition) is 0. The average molecular weight is 615 g/mol. The maximum absolute atomic E-state index is 6.20. The van der Waals surface area contributed by atoms with Crippen LogP contribution in [0.4, 0.5) is 0 Å². The predicted octanol–water partition coefficient (Wildman–Crippen LogP) is 11.0. The molecule has 10 rings (SSSR count). The molecule has 0 spiro atoms. The summed E-state index contributed by atoms with van der Waals surface area (Å²) in [5.41, 5.74) is 7.90. The molecular weight excluding hydrogens is 589 g/mol. The molecule has 5 nitrogen and oxygen atoms in total. The van der Waals surface area contributed by atoms with Crippen molar-refractivity contribution >= 4 is 54.5 Å². The number of aromatic nitrogens is 4. The molecule has 3 aromatic heterocycles. The highest BCUT2D eigenvalue weighted by Crippen LogP contribution is 2.42. The van der Waals surface area contributed by atoms with Crippen molar-refractivity contribution in [1.29, 1.82) is 0 Å². The van der Waals surface area contributed by atoms with Gasteiger partial charge in [0, 0.05) is 43.6 Å². The molecule has 0 saturated heterocycles. The van der Waals surface area contributed by atoms with Gasteiger partial charge in [0.15, 0.2) is 11.6 Å². The van der Waals surface area contributed by atoms with Crippen molar-refractivity contribution in [1.82, 2.24) is 19.5 Å². The van der Waals surface area contributed by atoms with Gasteiger partial charge in [0.2, 0.25) is 5.95 Å². The molecule has 0 unspecified atom stereocenters. The Labute approximate surface area is 275 Å². The summed E-state index contributed by atoms with van der Waals surface area (Å²) in [5.74, 6) is 1.82. The highest BCUT2D eigenvalue weighted by atomic mass is 16.3. The average Bonchev–Trinajstić information content (AvgIpc) is 3.71. The molecule has 224 valence electrons. The van der Waals surface area contributed by atoms with E-state index >= 15 is 0 Å². The van der Waals surface area contributed by atoms with Gasteiger partial charge in [-0.05, 0) is 29.1 Å². The van der Waals surface area contributed by atoms with Gasteiger partial charge in [-0.15, -0.1) is 0 Å². The third-order valence-corrected chi connectivity index (χ3v) is 9.25. The van der Waals surface area contributed by atoms with Crippen LogP contribution < -0.4 is 0 Å². The van der Waals surface area contributed by atoms with Gasteiger partial charge < -0.3 is 4.42 Å². The molecule has 48 heavy (non-hydrogen) atoms. The zero-order chi connectivity index (χ0) is 31.6. The lowest BCUT2D eigenvalue weighted by Gasteiger charge is -2.14. The van der Waals surface area contributed by atoms with E-state index in [1.807, 2.05) is 72.8 Å². The highest BCUT2D eigenvalue weighted by molar-refractivity contribution is 6.21. The molecule has 0 fully saturated rings. The quantitative estimate of drug-likeness (QED) is 0.198. The Balaban J connectivity index is 1.35. The van der Waals surface area contributed by atoms with Crippen LogP contribution in [0.1, 0.15) is 0 Å². The van der Waals surface area contributed by atoms with Crippen molar-refractivity contribution in [3.63, 3.8) is 0 Å². The number of furan rings is 1. The first-order valence-corrected chi connectivity index (χ1v) is 16.0. The van der Waals surface area contributed by atoms with Crippen LogP contribution in [-0.2, 0) is 0 Å². The van der Waals surface area contributed by atoms with Gasteiger partial charge in [0.1, 0.15) is 11.2 Å². The topological polar surface area (TPSA) is 56.7 Å². The summed E-state index contributed by atoms with van der Waals surface area (Å²) >= 11 is 0. The SMILES string of the molecule is c1ccc(-c2nc(-c3ccccc3)nc(-n3c4c(-c5ccc6oc7ccccc7c6c5)cccc4c4ccc5ccccc5c43)n2)cc1. The van der Waals surface area contributed by atoms with E-state index in [-0.39, 0.29) is 0 Å². The van der Waals surface area contributed by atoms with E-state index in [1.165, 1.54) is 0 Å². The molecule has 0 aliphatic heterocycles. The minimum Gasteiger partial charge on any atom is -0.456 e. The lowest BCUT2D eigenvalue weighted by Crippen LogP contribution is -2.07. The lowest BCUT2D eigenvalue weighted by atomic mass is 9.99. The molecule has 0 atom stereocenters. The molecule has 10 aromatic rings. The number of nitrogens with zero attached hydrogens (tertiary/aromatic N) is 4. The Kier molecular flexibility index (Phi) is 5.81. The first-order valence-electron chi connectivity index (χ1n) is 16.0. The Hall–Kier alpha value is -6.59. The summed E-state index contributed by atoms with van der Waals surface area (Å²) in [7, 11) is 0. The van der Waals surface area contributed by atoms with E-state index in [1.54, 1.807) is 0 Å². The summed E-state index contributed by atoms with van der Waals surface area (Å²) < 4.78 is 8.45. The van der Waals surface area contributed by atoms with E-state index < -0.39 is 0 Å². The van der Waals surface area contributed by atoms with Crippen LogP contribution in [0.2, 0.25) is 0 Å². The predicted molar refractivity (Wildman–Crippen MR) is 195 cm³/mol. The number of fused-ring (bicyclic) bond motifs is 8. The molecule has 0 saturated carbocycles. The Morgan fingerprint density at radius 1 is 0.396 bits per heavy atom. The molecule has 0 amide bonds. The summed E-state index contributed by atoms with van der Waals surface area (Å²) in [6.07, 6.45) is 0. The summed E-state index contributed by atoms with van der Waals surface area (Å²) in [5, 5.41) is 6.76.